The van der Waals surface area contributed by atoms with E-state index in [1.807, 2.05) is 0 Å². The third kappa shape index (κ3) is 4.67. The van der Waals surface area contributed by atoms with E-state index in [4.69, 9.17) is 17.4 Å². The number of nitrogen functional groups attached to an aromatic ring is 1. The molecule has 0 aliphatic heterocycles. The number of nitrogens with zero attached hydrogens (tertiary/aromatic N) is 1. The van der Waals surface area contributed by atoms with Crippen molar-refractivity contribution in [1.29, 1.82) is 0 Å². The highest BCUT2D eigenvalue weighted by Crippen LogP contribution is 2.21. The Morgan fingerprint density at radius 2 is 2.20 bits per heavy atom. The first-order valence-electron chi connectivity index (χ1n) is 5.72. The average molecular weight is 341 g/mol. The molecule has 114 valence electrons. The number of sulfonamides is 1. The lowest BCUT2D eigenvalue weighted by molar-refractivity contribution is 0.577. The van der Waals surface area contributed by atoms with E-state index in [0.717, 1.165) is 6.20 Å². The summed E-state index contributed by atoms with van der Waals surface area (Å²) in [5.74, 6) is 5.36. The molecule has 7 nitrogen and oxygen atoms in total. The molecule has 1 rings (SSSR count). The Kier molecular flexibility index (Phi) is 6.34. The number of rotatable bonds is 7. The highest BCUT2D eigenvalue weighted by atomic mass is 35.5. The van der Waals surface area contributed by atoms with Crippen LogP contribution in [0.2, 0.25) is 5.02 Å². The van der Waals surface area contributed by atoms with Gasteiger partial charge in [0.05, 0.1) is 5.02 Å². The lowest BCUT2D eigenvalue weighted by atomic mass is 10.3. The number of nitrogens with one attached hydrogen (secondary N) is 2. The summed E-state index contributed by atoms with van der Waals surface area (Å²) in [7, 11) is -4.68. The van der Waals surface area contributed by atoms with Crippen LogP contribution in [0.3, 0.4) is 0 Å². The quantitative estimate of drug-likeness (QED) is 0.490. The minimum absolute atomic E-state index is 0.0493. The molecule has 1 aromatic rings. The van der Waals surface area contributed by atoms with Crippen LogP contribution in [0, 0.1) is 0 Å². The predicted octanol–water partition coefficient (Wildman–Crippen LogP) is 0.456. The van der Waals surface area contributed by atoms with Gasteiger partial charge in [0, 0.05) is 35.0 Å². The minimum atomic E-state index is -3.69. The van der Waals surface area contributed by atoms with Crippen molar-refractivity contribution in [2.45, 2.75) is 23.5 Å². The first-order valence-corrected chi connectivity index (χ1v) is 9.20. The Morgan fingerprint density at radius 1 is 1.55 bits per heavy atom. The van der Waals surface area contributed by atoms with E-state index in [2.05, 4.69) is 15.1 Å². The summed E-state index contributed by atoms with van der Waals surface area (Å²) in [4.78, 5) is 3.75. The van der Waals surface area contributed by atoms with Crippen molar-refractivity contribution >= 4 is 38.2 Å². The molecule has 2 atom stereocenters. The SMILES string of the molecule is CC(CCNS(=O)(=O)c1cnc(NN)c(Cl)c1)S(C)=O. The summed E-state index contributed by atoms with van der Waals surface area (Å²) in [5.41, 5.74) is 2.25. The van der Waals surface area contributed by atoms with Gasteiger partial charge in [-0.2, -0.15) is 0 Å². The summed E-state index contributed by atoms with van der Waals surface area (Å²) < 4.78 is 37.6. The molecule has 0 aliphatic carbocycles. The van der Waals surface area contributed by atoms with Gasteiger partial charge in [-0.15, -0.1) is 0 Å². The normalized spacial score (nSPS) is 14.8. The molecule has 2 unspecified atom stereocenters. The summed E-state index contributed by atoms with van der Waals surface area (Å²) >= 11 is 5.82. The first kappa shape index (κ1) is 17.3. The maximum absolute atomic E-state index is 12.0. The molecule has 0 saturated carbocycles. The van der Waals surface area contributed by atoms with Crippen molar-refractivity contribution in [3.05, 3.63) is 17.3 Å². The van der Waals surface area contributed by atoms with Crippen LogP contribution < -0.4 is 16.0 Å². The monoisotopic (exact) mass is 340 g/mol. The van der Waals surface area contributed by atoms with Crippen molar-refractivity contribution in [2.24, 2.45) is 5.84 Å². The van der Waals surface area contributed by atoms with Crippen LogP contribution in [-0.4, -0.2) is 35.7 Å². The largest absolute Gasteiger partial charge is 0.307 e. The summed E-state index contributed by atoms with van der Waals surface area (Å²) in [6.07, 6.45) is 3.22. The fourth-order valence-corrected chi connectivity index (χ4v) is 3.07. The average Bonchev–Trinajstić information content (AvgIpc) is 2.38. The van der Waals surface area contributed by atoms with E-state index >= 15 is 0 Å². The lowest BCUT2D eigenvalue weighted by Crippen LogP contribution is -2.28. The number of aromatic nitrogens is 1. The van der Waals surface area contributed by atoms with Gasteiger partial charge in [0.15, 0.2) is 5.82 Å². The molecule has 0 saturated heterocycles. The summed E-state index contributed by atoms with van der Waals surface area (Å²) in [6, 6.07) is 1.26. The van der Waals surface area contributed by atoms with E-state index in [-0.39, 0.29) is 27.5 Å². The molecule has 4 N–H and O–H groups in total. The van der Waals surface area contributed by atoms with Crippen molar-refractivity contribution in [1.82, 2.24) is 9.71 Å². The van der Waals surface area contributed by atoms with Gasteiger partial charge in [0.2, 0.25) is 10.0 Å². The van der Waals surface area contributed by atoms with Gasteiger partial charge in [-0.05, 0) is 12.5 Å². The smallest absolute Gasteiger partial charge is 0.242 e. The number of nitrogens with two attached hydrogens (primary N) is 1. The van der Waals surface area contributed by atoms with Gasteiger partial charge in [0.25, 0.3) is 0 Å². The third-order valence-electron chi connectivity index (χ3n) is 2.67. The van der Waals surface area contributed by atoms with Gasteiger partial charge in [-0.25, -0.2) is 24.0 Å². The number of hydrogen-bond donors (Lipinski definition) is 3. The van der Waals surface area contributed by atoms with Crippen LogP contribution in [0.15, 0.2) is 17.2 Å². The molecule has 1 aromatic heterocycles. The molecule has 0 aliphatic rings. The van der Waals surface area contributed by atoms with E-state index in [0.29, 0.717) is 6.42 Å². The number of halogens is 1. The van der Waals surface area contributed by atoms with E-state index in [9.17, 15) is 12.6 Å². The topological polar surface area (TPSA) is 114 Å². The fraction of sp³-hybridized carbons (Fsp3) is 0.500. The highest BCUT2D eigenvalue weighted by Gasteiger charge is 2.17. The standard InChI is InChI=1S/C10H17ClN4O3S2/c1-7(19(2)16)3-4-14-20(17,18)8-5-9(11)10(15-12)13-6-8/h5-7,14H,3-4,12H2,1-2H3,(H,13,15). The fourth-order valence-electron chi connectivity index (χ4n) is 1.32. The zero-order valence-electron chi connectivity index (χ0n) is 11.1. The zero-order valence-corrected chi connectivity index (χ0v) is 13.5. The minimum Gasteiger partial charge on any atom is -0.307 e. The Bertz CT molecular complexity index is 594. The Morgan fingerprint density at radius 3 is 2.70 bits per heavy atom. The maximum atomic E-state index is 12.0. The van der Waals surface area contributed by atoms with Gasteiger partial charge in [-0.3, -0.25) is 4.21 Å². The molecule has 0 spiro atoms. The Labute approximate surface area is 125 Å². The molecule has 20 heavy (non-hydrogen) atoms. The second-order valence-electron chi connectivity index (χ2n) is 4.14. The molecule has 0 aromatic carbocycles. The van der Waals surface area contributed by atoms with Crippen molar-refractivity contribution in [2.75, 3.05) is 18.2 Å². The molecule has 1 heterocycles. The Balaban J connectivity index is 2.74. The lowest BCUT2D eigenvalue weighted by Gasteiger charge is -2.10. The van der Waals surface area contributed by atoms with Crippen LogP contribution >= 0.6 is 11.6 Å². The molecule has 10 heteroatoms. The highest BCUT2D eigenvalue weighted by molar-refractivity contribution is 7.89. The van der Waals surface area contributed by atoms with Crippen molar-refractivity contribution in [3.63, 3.8) is 0 Å². The third-order valence-corrected chi connectivity index (χ3v) is 5.76. The van der Waals surface area contributed by atoms with E-state index < -0.39 is 20.8 Å². The molecular formula is C10H17ClN4O3S2. The van der Waals surface area contributed by atoms with Crippen LogP contribution in [-0.2, 0) is 20.8 Å². The first-order chi connectivity index (χ1) is 9.27. The molecule has 0 amide bonds. The molecular weight excluding hydrogens is 324 g/mol. The van der Waals surface area contributed by atoms with Crippen molar-refractivity contribution < 1.29 is 12.6 Å². The van der Waals surface area contributed by atoms with Crippen molar-refractivity contribution in [3.8, 4) is 0 Å². The number of anilines is 1. The zero-order chi connectivity index (χ0) is 15.3. The molecule has 0 radical (unpaired) electrons. The van der Waals surface area contributed by atoms with Gasteiger partial charge in [0.1, 0.15) is 4.90 Å². The summed E-state index contributed by atoms with van der Waals surface area (Å²) in [6.45, 7) is 1.99. The number of pyridine rings is 1. The van der Waals surface area contributed by atoms with E-state index in [1.165, 1.54) is 6.07 Å². The summed E-state index contributed by atoms with van der Waals surface area (Å²) in [5, 5.41) is 0.0293. The van der Waals surface area contributed by atoms with Crippen LogP contribution in [0.5, 0.6) is 0 Å². The number of hydrazine groups is 1. The van der Waals surface area contributed by atoms with Gasteiger partial charge < -0.3 is 5.43 Å². The molecule has 0 bridgehead atoms. The second kappa shape index (κ2) is 7.32. The second-order valence-corrected chi connectivity index (χ2v) is 8.12. The van der Waals surface area contributed by atoms with Crippen LogP contribution in [0.4, 0.5) is 5.82 Å². The number of hydrogen-bond acceptors (Lipinski definition) is 6. The Hall–Kier alpha value is -0.740. The maximum Gasteiger partial charge on any atom is 0.242 e. The van der Waals surface area contributed by atoms with Gasteiger partial charge in [-0.1, -0.05) is 18.5 Å². The van der Waals surface area contributed by atoms with Gasteiger partial charge >= 0.3 is 0 Å². The van der Waals surface area contributed by atoms with E-state index in [1.54, 1.807) is 13.2 Å². The molecule has 0 fully saturated rings. The van der Waals surface area contributed by atoms with Crippen LogP contribution in [0.1, 0.15) is 13.3 Å². The van der Waals surface area contributed by atoms with Crippen LogP contribution in [0.25, 0.3) is 0 Å². The predicted molar refractivity (Wildman–Crippen MR) is 80.4 cm³/mol.